The van der Waals surface area contributed by atoms with E-state index in [1.54, 1.807) is 73.7 Å². The van der Waals surface area contributed by atoms with Crippen LogP contribution < -0.4 is 4.74 Å². The SMILES string of the molecule is CC1=NN(C(=O)c2ccccc2)C(=O)/C1=C/c1ccc(OCc2ccc(F)cc2)c(Cl)c1. The molecule has 0 saturated heterocycles. The van der Waals surface area contributed by atoms with Crippen molar-refractivity contribution in [1.82, 2.24) is 5.01 Å². The molecule has 160 valence electrons. The minimum atomic E-state index is -0.496. The molecule has 0 saturated carbocycles. The summed E-state index contributed by atoms with van der Waals surface area (Å²) in [6.45, 7) is 1.91. The first-order valence-electron chi connectivity index (χ1n) is 9.80. The third kappa shape index (κ3) is 4.60. The van der Waals surface area contributed by atoms with Crippen LogP contribution in [0.15, 0.2) is 83.5 Å². The van der Waals surface area contributed by atoms with Crippen LogP contribution in [0, 0.1) is 5.82 Å². The standard InChI is InChI=1S/C25H18ClFN2O3/c1-16-21(25(31)29(28-16)24(30)19-5-3-2-4-6-19)13-18-9-12-23(22(26)14-18)32-15-17-7-10-20(27)11-8-17/h2-14H,15H2,1H3/b21-13+. The zero-order valence-electron chi connectivity index (χ0n) is 17.1. The molecule has 1 aliphatic rings. The van der Waals surface area contributed by atoms with Crippen LogP contribution in [0.3, 0.4) is 0 Å². The lowest BCUT2D eigenvalue weighted by molar-refractivity contribution is -0.123. The predicted octanol–water partition coefficient (Wildman–Crippen LogP) is 5.50. The largest absolute Gasteiger partial charge is 0.487 e. The Morgan fingerprint density at radius 1 is 1.09 bits per heavy atom. The third-order valence-corrected chi connectivity index (χ3v) is 5.15. The number of carbonyl (C=O) groups excluding carboxylic acids is 2. The van der Waals surface area contributed by atoms with Crippen molar-refractivity contribution >= 4 is 35.2 Å². The smallest absolute Gasteiger partial charge is 0.283 e. The van der Waals surface area contributed by atoms with Gasteiger partial charge in [-0.2, -0.15) is 10.1 Å². The van der Waals surface area contributed by atoms with E-state index in [2.05, 4.69) is 5.10 Å². The van der Waals surface area contributed by atoms with Crippen molar-refractivity contribution in [3.05, 3.63) is 106 Å². The molecule has 7 heteroatoms. The lowest BCUT2D eigenvalue weighted by Crippen LogP contribution is -2.29. The number of carbonyl (C=O) groups is 2. The van der Waals surface area contributed by atoms with Crippen LogP contribution in [0.25, 0.3) is 6.08 Å². The van der Waals surface area contributed by atoms with Crippen LogP contribution in [0.4, 0.5) is 4.39 Å². The van der Waals surface area contributed by atoms with Crippen molar-refractivity contribution in [3.8, 4) is 5.75 Å². The fourth-order valence-electron chi connectivity index (χ4n) is 3.16. The molecule has 0 fully saturated rings. The van der Waals surface area contributed by atoms with E-state index >= 15 is 0 Å². The molecule has 0 aliphatic carbocycles. The first-order valence-corrected chi connectivity index (χ1v) is 10.2. The number of imide groups is 1. The Kier molecular flexibility index (Phi) is 6.14. The Hall–Kier alpha value is -3.77. The number of benzene rings is 3. The molecule has 4 rings (SSSR count). The second kappa shape index (κ2) is 9.16. The summed E-state index contributed by atoms with van der Waals surface area (Å²) in [6, 6.07) is 19.6. The van der Waals surface area contributed by atoms with Crippen molar-refractivity contribution in [2.45, 2.75) is 13.5 Å². The maximum absolute atomic E-state index is 13.0. The van der Waals surface area contributed by atoms with Gasteiger partial charge in [-0.3, -0.25) is 9.59 Å². The molecule has 0 N–H and O–H groups in total. The lowest BCUT2D eigenvalue weighted by atomic mass is 10.1. The zero-order valence-corrected chi connectivity index (χ0v) is 17.8. The van der Waals surface area contributed by atoms with Gasteiger partial charge in [-0.25, -0.2) is 4.39 Å². The van der Waals surface area contributed by atoms with Crippen LogP contribution >= 0.6 is 11.6 Å². The molecule has 5 nitrogen and oxygen atoms in total. The number of halogens is 2. The summed E-state index contributed by atoms with van der Waals surface area (Å²) in [7, 11) is 0. The van der Waals surface area contributed by atoms with Gasteiger partial charge in [0.2, 0.25) is 0 Å². The van der Waals surface area contributed by atoms with Crippen LogP contribution in [-0.4, -0.2) is 22.5 Å². The van der Waals surface area contributed by atoms with Gasteiger partial charge >= 0.3 is 0 Å². The number of rotatable bonds is 5. The topological polar surface area (TPSA) is 59.0 Å². The molecular weight excluding hydrogens is 431 g/mol. The molecule has 3 aromatic rings. The van der Waals surface area contributed by atoms with E-state index in [-0.39, 0.29) is 12.4 Å². The molecule has 32 heavy (non-hydrogen) atoms. The van der Waals surface area contributed by atoms with Gasteiger partial charge in [-0.1, -0.05) is 48.0 Å². The summed E-state index contributed by atoms with van der Waals surface area (Å²) < 4.78 is 18.7. The number of hydrogen-bond donors (Lipinski definition) is 0. The Bertz CT molecular complexity index is 1240. The summed E-state index contributed by atoms with van der Waals surface area (Å²) in [4.78, 5) is 25.4. The number of ether oxygens (including phenoxy) is 1. The van der Waals surface area contributed by atoms with Gasteiger partial charge in [0.25, 0.3) is 11.8 Å². The molecule has 2 amide bonds. The molecule has 3 aromatic carbocycles. The highest BCUT2D eigenvalue weighted by atomic mass is 35.5. The van der Waals surface area contributed by atoms with E-state index in [0.717, 1.165) is 10.6 Å². The Morgan fingerprint density at radius 2 is 1.81 bits per heavy atom. The molecule has 1 heterocycles. The van der Waals surface area contributed by atoms with E-state index in [9.17, 15) is 14.0 Å². The monoisotopic (exact) mass is 448 g/mol. The van der Waals surface area contributed by atoms with Crippen LogP contribution in [0.5, 0.6) is 5.75 Å². The fraction of sp³-hybridized carbons (Fsp3) is 0.0800. The van der Waals surface area contributed by atoms with E-state index in [1.165, 1.54) is 12.1 Å². The molecule has 0 spiro atoms. The van der Waals surface area contributed by atoms with Gasteiger partial charge in [0.15, 0.2) is 0 Å². The van der Waals surface area contributed by atoms with E-state index in [0.29, 0.717) is 33.2 Å². The van der Waals surface area contributed by atoms with E-state index < -0.39 is 11.8 Å². The number of hydrazone groups is 1. The summed E-state index contributed by atoms with van der Waals surface area (Å²) in [6.07, 6.45) is 1.63. The summed E-state index contributed by atoms with van der Waals surface area (Å²) in [5.74, 6) is -0.833. The molecular formula is C25H18ClFN2O3. The van der Waals surface area contributed by atoms with Crippen molar-refractivity contribution in [2.75, 3.05) is 0 Å². The minimum Gasteiger partial charge on any atom is -0.487 e. The third-order valence-electron chi connectivity index (χ3n) is 4.85. The zero-order chi connectivity index (χ0) is 22.7. The molecule has 1 aliphatic heterocycles. The summed E-state index contributed by atoms with van der Waals surface area (Å²) >= 11 is 6.34. The Morgan fingerprint density at radius 3 is 2.50 bits per heavy atom. The maximum Gasteiger partial charge on any atom is 0.283 e. The van der Waals surface area contributed by atoms with Gasteiger partial charge < -0.3 is 4.74 Å². The van der Waals surface area contributed by atoms with Gasteiger partial charge in [-0.05, 0) is 60.5 Å². The Labute approximate surface area is 189 Å². The highest BCUT2D eigenvalue weighted by Gasteiger charge is 2.32. The second-order valence-electron chi connectivity index (χ2n) is 7.14. The first-order chi connectivity index (χ1) is 15.4. The van der Waals surface area contributed by atoms with Crippen molar-refractivity contribution in [2.24, 2.45) is 5.10 Å². The number of hydrogen-bond acceptors (Lipinski definition) is 4. The van der Waals surface area contributed by atoms with Crippen LogP contribution in [0.1, 0.15) is 28.4 Å². The molecule has 0 radical (unpaired) electrons. The van der Waals surface area contributed by atoms with Crippen LogP contribution in [0.2, 0.25) is 5.02 Å². The highest BCUT2D eigenvalue weighted by molar-refractivity contribution is 6.33. The van der Waals surface area contributed by atoms with Crippen molar-refractivity contribution in [1.29, 1.82) is 0 Å². The van der Waals surface area contributed by atoms with Crippen molar-refractivity contribution < 1.29 is 18.7 Å². The molecule has 0 aromatic heterocycles. The average molecular weight is 449 g/mol. The fourth-order valence-corrected chi connectivity index (χ4v) is 3.40. The van der Waals surface area contributed by atoms with Gasteiger partial charge in [0.05, 0.1) is 16.3 Å². The van der Waals surface area contributed by atoms with E-state index in [4.69, 9.17) is 16.3 Å². The Balaban J connectivity index is 1.49. The highest BCUT2D eigenvalue weighted by Crippen LogP contribution is 2.28. The quantitative estimate of drug-likeness (QED) is 0.382. The van der Waals surface area contributed by atoms with E-state index in [1.807, 2.05) is 0 Å². The first kappa shape index (κ1) is 21.5. The lowest BCUT2D eigenvalue weighted by Gasteiger charge is -2.10. The number of amides is 2. The molecule has 0 unspecified atom stereocenters. The van der Waals surface area contributed by atoms with Crippen LogP contribution in [-0.2, 0) is 11.4 Å². The van der Waals surface area contributed by atoms with Gasteiger partial charge in [0, 0.05) is 5.56 Å². The minimum absolute atomic E-state index is 0.237. The maximum atomic E-state index is 13.0. The molecule has 0 bridgehead atoms. The van der Waals surface area contributed by atoms with Crippen molar-refractivity contribution in [3.63, 3.8) is 0 Å². The van der Waals surface area contributed by atoms with Gasteiger partial charge in [-0.15, -0.1) is 0 Å². The number of nitrogens with zero attached hydrogens (tertiary/aromatic N) is 2. The average Bonchev–Trinajstić information content (AvgIpc) is 3.08. The summed E-state index contributed by atoms with van der Waals surface area (Å²) in [5.41, 5.74) is 2.60. The molecule has 0 atom stereocenters. The second-order valence-corrected chi connectivity index (χ2v) is 7.54. The predicted molar refractivity (Wildman–Crippen MR) is 121 cm³/mol. The summed E-state index contributed by atoms with van der Waals surface area (Å²) in [5, 5.41) is 5.36. The normalized spacial score (nSPS) is 14.6. The van der Waals surface area contributed by atoms with Gasteiger partial charge in [0.1, 0.15) is 18.2 Å².